The first kappa shape index (κ1) is 16.3. The zero-order valence-corrected chi connectivity index (χ0v) is 14.0. The number of amides is 2. The molecule has 3 aromatic rings. The Balaban J connectivity index is 1.55. The lowest BCUT2D eigenvalue weighted by Crippen LogP contribution is -2.14. The van der Waals surface area contributed by atoms with E-state index in [2.05, 4.69) is 15.6 Å². The second kappa shape index (κ2) is 6.25. The molecule has 0 atom stereocenters. The van der Waals surface area contributed by atoms with Gasteiger partial charge in [0.05, 0.1) is 5.69 Å². The maximum absolute atomic E-state index is 13.7. The van der Waals surface area contributed by atoms with E-state index in [-0.39, 0.29) is 11.3 Å². The van der Waals surface area contributed by atoms with Crippen molar-refractivity contribution in [1.82, 2.24) is 4.98 Å². The van der Waals surface area contributed by atoms with Gasteiger partial charge in [0, 0.05) is 24.1 Å². The van der Waals surface area contributed by atoms with E-state index >= 15 is 0 Å². The van der Waals surface area contributed by atoms with Gasteiger partial charge in [-0.2, -0.15) is 0 Å². The van der Waals surface area contributed by atoms with Crippen LogP contribution in [0.4, 0.5) is 15.8 Å². The number of nitrogens with zero attached hydrogens (tertiary/aromatic N) is 1. The highest BCUT2D eigenvalue weighted by Gasteiger charge is 2.28. The van der Waals surface area contributed by atoms with Crippen LogP contribution in [0.1, 0.15) is 41.9 Å². The number of carbonyl (C=O) groups excluding carboxylic acids is 2. The largest absolute Gasteiger partial charge is 0.440 e. The summed E-state index contributed by atoms with van der Waals surface area (Å²) >= 11 is 0. The molecule has 0 bridgehead atoms. The zero-order valence-electron chi connectivity index (χ0n) is 14.0. The van der Waals surface area contributed by atoms with Crippen molar-refractivity contribution in [2.45, 2.75) is 25.7 Å². The monoisotopic (exact) mass is 353 g/mol. The molecule has 1 saturated carbocycles. The van der Waals surface area contributed by atoms with Gasteiger partial charge in [-0.25, -0.2) is 9.37 Å². The van der Waals surface area contributed by atoms with Crippen molar-refractivity contribution in [3.63, 3.8) is 0 Å². The molecule has 1 aliphatic carbocycles. The highest BCUT2D eigenvalue weighted by atomic mass is 19.1. The predicted octanol–water partition coefficient (Wildman–Crippen LogP) is 4.06. The van der Waals surface area contributed by atoms with Crippen LogP contribution in [0.15, 0.2) is 40.8 Å². The number of oxazole rings is 1. The van der Waals surface area contributed by atoms with Crippen LogP contribution in [0.25, 0.3) is 11.1 Å². The summed E-state index contributed by atoms with van der Waals surface area (Å²) in [7, 11) is 0. The van der Waals surface area contributed by atoms with Crippen LogP contribution in [-0.2, 0) is 4.79 Å². The summed E-state index contributed by atoms with van der Waals surface area (Å²) in [5, 5.41) is 5.11. The third kappa shape index (κ3) is 3.28. The Morgan fingerprint density at radius 1 is 1.15 bits per heavy atom. The molecule has 1 aliphatic rings. The maximum atomic E-state index is 13.7. The molecule has 1 heterocycles. The van der Waals surface area contributed by atoms with Crippen molar-refractivity contribution >= 4 is 34.3 Å². The number of hydrogen-bond donors (Lipinski definition) is 2. The van der Waals surface area contributed by atoms with Crippen LogP contribution in [-0.4, -0.2) is 16.8 Å². The average Bonchev–Trinajstić information content (AvgIpc) is 3.36. The van der Waals surface area contributed by atoms with Crippen molar-refractivity contribution in [2.75, 3.05) is 10.6 Å². The van der Waals surface area contributed by atoms with Gasteiger partial charge in [-0.05, 0) is 49.2 Å². The number of anilines is 2. The minimum Gasteiger partial charge on any atom is -0.440 e. The molecule has 0 unspecified atom stereocenters. The summed E-state index contributed by atoms with van der Waals surface area (Å²) in [6, 6.07) is 9.02. The van der Waals surface area contributed by atoms with E-state index in [0.29, 0.717) is 22.7 Å². The van der Waals surface area contributed by atoms with Gasteiger partial charge in [0.1, 0.15) is 11.3 Å². The third-order valence-electron chi connectivity index (χ3n) is 4.13. The summed E-state index contributed by atoms with van der Waals surface area (Å²) in [6.45, 7) is 1.27. The van der Waals surface area contributed by atoms with E-state index < -0.39 is 17.6 Å². The van der Waals surface area contributed by atoms with E-state index in [1.807, 2.05) is 0 Å². The fourth-order valence-electron chi connectivity index (χ4n) is 2.68. The molecule has 2 N–H and O–H groups in total. The number of carbonyl (C=O) groups is 2. The summed E-state index contributed by atoms with van der Waals surface area (Å²) in [5.41, 5.74) is 2.12. The quantitative estimate of drug-likeness (QED) is 0.741. The Kier molecular flexibility index (Phi) is 3.91. The first-order valence-electron chi connectivity index (χ1n) is 8.28. The highest BCUT2D eigenvalue weighted by Crippen LogP contribution is 2.40. The standard InChI is InChI=1S/C19H16FN3O3/c1-10(24)21-15-8-12(4-6-14(15)20)18(25)22-13-5-7-17-16(9-13)23-19(26-17)11-2-3-11/h4-9,11H,2-3H2,1H3,(H,21,24)(H,22,25). The van der Waals surface area contributed by atoms with Gasteiger partial charge in [-0.15, -0.1) is 0 Å². The van der Waals surface area contributed by atoms with E-state index in [1.54, 1.807) is 18.2 Å². The van der Waals surface area contributed by atoms with Crippen LogP contribution in [0, 0.1) is 5.82 Å². The van der Waals surface area contributed by atoms with Crippen LogP contribution >= 0.6 is 0 Å². The lowest BCUT2D eigenvalue weighted by atomic mass is 10.1. The molecule has 2 amide bonds. The highest BCUT2D eigenvalue weighted by molar-refractivity contribution is 6.05. The Labute approximate surface area is 148 Å². The normalized spacial score (nSPS) is 13.6. The number of fused-ring (bicyclic) bond motifs is 1. The SMILES string of the molecule is CC(=O)Nc1cc(C(=O)Nc2ccc3oc(C4CC4)nc3c2)ccc1F. The number of benzene rings is 2. The zero-order chi connectivity index (χ0) is 18.3. The maximum Gasteiger partial charge on any atom is 0.255 e. The van der Waals surface area contributed by atoms with Gasteiger partial charge in [0.2, 0.25) is 5.91 Å². The van der Waals surface area contributed by atoms with Crippen molar-refractivity contribution in [3.05, 3.63) is 53.7 Å². The molecule has 6 nitrogen and oxygen atoms in total. The number of hydrogen-bond acceptors (Lipinski definition) is 4. The molecule has 0 radical (unpaired) electrons. The molecular formula is C19H16FN3O3. The van der Waals surface area contributed by atoms with Crippen molar-refractivity contribution in [3.8, 4) is 0 Å². The summed E-state index contributed by atoms with van der Waals surface area (Å²) in [4.78, 5) is 28.0. The third-order valence-corrected chi connectivity index (χ3v) is 4.13. The second-order valence-electron chi connectivity index (χ2n) is 6.34. The van der Waals surface area contributed by atoms with Crippen LogP contribution < -0.4 is 10.6 Å². The molecular weight excluding hydrogens is 337 g/mol. The van der Waals surface area contributed by atoms with E-state index in [0.717, 1.165) is 24.8 Å². The first-order chi connectivity index (χ1) is 12.5. The molecule has 4 rings (SSSR count). The van der Waals surface area contributed by atoms with Gasteiger partial charge in [0.25, 0.3) is 5.91 Å². The molecule has 1 aromatic heterocycles. The smallest absolute Gasteiger partial charge is 0.255 e. The molecule has 1 fully saturated rings. The lowest BCUT2D eigenvalue weighted by molar-refractivity contribution is -0.114. The van der Waals surface area contributed by atoms with Crippen molar-refractivity contribution in [2.24, 2.45) is 0 Å². The molecule has 0 aliphatic heterocycles. The summed E-state index contributed by atoms with van der Waals surface area (Å²) in [6.07, 6.45) is 2.19. The van der Waals surface area contributed by atoms with E-state index in [9.17, 15) is 14.0 Å². The number of halogens is 1. The lowest BCUT2D eigenvalue weighted by Gasteiger charge is -2.08. The summed E-state index contributed by atoms with van der Waals surface area (Å²) in [5.74, 6) is -0.284. The minimum atomic E-state index is -0.603. The number of aromatic nitrogens is 1. The van der Waals surface area contributed by atoms with Gasteiger partial charge >= 0.3 is 0 Å². The van der Waals surface area contributed by atoms with Crippen molar-refractivity contribution in [1.29, 1.82) is 0 Å². The van der Waals surface area contributed by atoms with Gasteiger partial charge in [-0.3, -0.25) is 9.59 Å². The molecule has 132 valence electrons. The minimum absolute atomic E-state index is 0.0359. The Morgan fingerprint density at radius 3 is 2.69 bits per heavy atom. The van der Waals surface area contributed by atoms with Gasteiger partial charge < -0.3 is 15.1 Å². The Bertz CT molecular complexity index is 1020. The van der Waals surface area contributed by atoms with Crippen LogP contribution in [0.2, 0.25) is 0 Å². The molecule has 0 saturated heterocycles. The van der Waals surface area contributed by atoms with Gasteiger partial charge in [0.15, 0.2) is 11.5 Å². The fourth-order valence-corrected chi connectivity index (χ4v) is 2.68. The molecule has 7 heteroatoms. The molecule has 26 heavy (non-hydrogen) atoms. The Morgan fingerprint density at radius 2 is 1.96 bits per heavy atom. The number of nitrogens with one attached hydrogen (secondary N) is 2. The molecule has 2 aromatic carbocycles. The van der Waals surface area contributed by atoms with Crippen LogP contribution in [0.5, 0.6) is 0 Å². The first-order valence-corrected chi connectivity index (χ1v) is 8.28. The van der Waals surface area contributed by atoms with Crippen LogP contribution in [0.3, 0.4) is 0 Å². The topological polar surface area (TPSA) is 84.2 Å². The van der Waals surface area contributed by atoms with Crippen molar-refractivity contribution < 1.29 is 18.4 Å². The number of rotatable bonds is 4. The van der Waals surface area contributed by atoms with Gasteiger partial charge in [-0.1, -0.05) is 0 Å². The average molecular weight is 353 g/mol. The summed E-state index contributed by atoms with van der Waals surface area (Å²) < 4.78 is 19.4. The predicted molar refractivity (Wildman–Crippen MR) is 94.6 cm³/mol. The van der Waals surface area contributed by atoms with E-state index in [1.165, 1.54) is 19.1 Å². The van der Waals surface area contributed by atoms with E-state index in [4.69, 9.17) is 4.42 Å². The Hall–Kier alpha value is -3.22. The molecule has 0 spiro atoms. The second-order valence-corrected chi connectivity index (χ2v) is 6.34. The fraction of sp³-hybridized carbons (Fsp3) is 0.211.